The lowest BCUT2D eigenvalue weighted by Gasteiger charge is -2.34. The second-order valence-corrected chi connectivity index (χ2v) is 12.2. The fourth-order valence-corrected chi connectivity index (χ4v) is 8.17. The topological polar surface area (TPSA) is 75.8 Å². The van der Waals surface area contributed by atoms with Gasteiger partial charge in [-0.25, -0.2) is 8.42 Å². The van der Waals surface area contributed by atoms with Crippen LogP contribution in [0.15, 0.2) is 41.4 Å². The number of sulfone groups is 1. The Balaban J connectivity index is 1.51. The summed E-state index contributed by atoms with van der Waals surface area (Å²) in [6.45, 7) is 4.13. The number of hydrogen-bond donors (Lipinski definition) is 1. The molecule has 1 saturated heterocycles. The van der Waals surface area contributed by atoms with E-state index in [0.717, 1.165) is 18.7 Å². The zero-order chi connectivity index (χ0) is 20.0. The molecule has 0 bridgehead atoms. The van der Waals surface area contributed by atoms with E-state index in [4.69, 9.17) is 10.7 Å². The van der Waals surface area contributed by atoms with Gasteiger partial charge in [0.25, 0.3) is 0 Å². The van der Waals surface area contributed by atoms with Crippen molar-refractivity contribution < 1.29 is 8.42 Å². The minimum atomic E-state index is -3.31. The fourth-order valence-electron chi connectivity index (χ4n) is 4.77. The summed E-state index contributed by atoms with van der Waals surface area (Å²) in [5, 5.41) is 2.40. The number of benzene rings is 2. The van der Waals surface area contributed by atoms with Crippen molar-refractivity contribution in [2.45, 2.75) is 36.5 Å². The Kier molecular flexibility index (Phi) is 3.37. The standard InChI is InChI=1S/C22H23N3O2S2/c1-21(13-29(26,27)22(7-8-22)20(23)24-21)14-3-5-18-16(11-14)17-12-15(25-9-2-10-25)4-6-19(17)28-18/h3-6,11-12H,2,7-10,13H2,1H3,(H2,23,24)/t21-/m0/s1. The van der Waals surface area contributed by atoms with Crippen molar-refractivity contribution in [1.82, 2.24) is 0 Å². The molecule has 0 unspecified atom stereocenters. The molecule has 2 fully saturated rings. The van der Waals surface area contributed by atoms with Crippen LogP contribution in [0.2, 0.25) is 0 Å². The van der Waals surface area contributed by atoms with Gasteiger partial charge < -0.3 is 10.6 Å². The Morgan fingerprint density at radius 2 is 1.76 bits per heavy atom. The summed E-state index contributed by atoms with van der Waals surface area (Å²) >= 11 is 1.77. The van der Waals surface area contributed by atoms with Crippen LogP contribution in [-0.4, -0.2) is 37.8 Å². The molecule has 2 N–H and O–H groups in total. The summed E-state index contributed by atoms with van der Waals surface area (Å²) in [5.41, 5.74) is 7.53. The second-order valence-electron chi connectivity index (χ2n) is 8.86. The molecule has 1 spiro atoms. The predicted molar refractivity (Wildman–Crippen MR) is 121 cm³/mol. The first kappa shape index (κ1) is 17.7. The van der Waals surface area contributed by atoms with Gasteiger partial charge in [0, 0.05) is 38.9 Å². The van der Waals surface area contributed by atoms with Crippen molar-refractivity contribution >= 4 is 52.9 Å². The van der Waals surface area contributed by atoms with Gasteiger partial charge in [0.15, 0.2) is 9.84 Å². The molecular formula is C22H23N3O2S2. The van der Waals surface area contributed by atoms with Crippen LogP contribution in [0.4, 0.5) is 5.69 Å². The monoisotopic (exact) mass is 425 g/mol. The smallest absolute Gasteiger partial charge is 0.165 e. The van der Waals surface area contributed by atoms with Gasteiger partial charge in [0.05, 0.1) is 11.3 Å². The lowest BCUT2D eigenvalue weighted by molar-refractivity contribution is 0.513. The number of nitrogens with zero attached hydrogens (tertiary/aromatic N) is 2. The Bertz CT molecular complexity index is 1320. The van der Waals surface area contributed by atoms with Crippen molar-refractivity contribution in [3.8, 4) is 0 Å². The van der Waals surface area contributed by atoms with Gasteiger partial charge in [0.2, 0.25) is 0 Å². The summed E-state index contributed by atoms with van der Waals surface area (Å²) < 4.78 is 27.6. The summed E-state index contributed by atoms with van der Waals surface area (Å²) in [5.74, 6) is 0.314. The number of amidine groups is 1. The molecular weight excluding hydrogens is 402 g/mol. The van der Waals surface area contributed by atoms with E-state index in [-0.39, 0.29) is 5.75 Å². The van der Waals surface area contributed by atoms with Gasteiger partial charge in [-0.3, -0.25) is 4.99 Å². The molecule has 0 amide bonds. The fraction of sp³-hybridized carbons (Fsp3) is 0.409. The van der Waals surface area contributed by atoms with Crippen LogP contribution in [0.1, 0.15) is 31.7 Å². The lowest BCUT2D eigenvalue weighted by atomic mass is 9.93. The number of fused-ring (bicyclic) bond motifs is 3. The van der Waals surface area contributed by atoms with Crippen molar-refractivity contribution in [3.05, 3.63) is 42.0 Å². The summed E-state index contributed by atoms with van der Waals surface area (Å²) in [4.78, 5) is 7.14. The first-order valence-corrected chi connectivity index (χ1v) is 12.6. The Morgan fingerprint density at radius 3 is 2.38 bits per heavy atom. The van der Waals surface area contributed by atoms with Gasteiger partial charge >= 0.3 is 0 Å². The molecule has 1 saturated carbocycles. The van der Waals surface area contributed by atoms with Crippen molar-refractivity contribution in [2.24, 2.45) is 10.7 Å². The largest absolute Gasteiger partial charge is 0.386 e. The maximum absolute atomic E-state index is 13.0. The highest BCUT2D eigenvalue weighted by Gasteiger charge is 2.62. The molecule has 0 radical (unpaired) electrons. The summed E-state index contributed by atoms with van der Waals surface area (Å²) in [6, 6.07) is 12.9. The van der Waals surface area contributed by atoms with Crippen molar-refractivity contribution in [2.75, 3.05) is 23.7 Å². The van der Waals surface area contributed by atoms with E-state index >= 15 is 0 Å². The normalized spacial score (nSPS) is 27.2. The molecule has 1 aliphatic carbocycles. The number of aliphatic imine (C=N–C) groups is 1. The second kappa shape index (κ2) is 5.52. The van der Waals surface area contributed by atoms with Crippen LogP contribution >= 0.6 is 11.3 Å². The van der Waals surface area contributed by atoms with Gasteiger partial charge in [-0.15, -0.1) is 11.3 Å². The number of thiophene rings is 1. The molecule has 2 aliphatic heterocycles. The molecule has 6 rings (SSSR count). The number of anilines is 1. The third-order valence-electron chi connectivity index (χ3n) is 6.90. The number of nitrogens with two attached hydrogens (primary N) is 1. The first-order valence-electron chi connectivity index (χ1n) is 10.1. The van der Waals surface area contributed by atoms with E-state index in [0.29, 0.717) is 18.7 Å². The van der Waals surface area contributed by atoms with Crippen LogP contribution in [0.3, 0.4) is 0 Å². The molecule has 3 heterocycles. The SMILES string of the molecule is C[C@@]1(c2ccc3sc4ccc(N5CCC5)cc4c3c2)CS(=O)(=O)C2(CC2)C(N)=N1. The van der Waals surface area contributed by atoms with Crippen LogP contribution in [0, 0.1) is 0 Å². The van der Waals surface area contributed by atoms with E-state index in [2.05, 4.69) is 35.2 Å². The van der Waals surface area contributed by atoms with E-state index < -0.39 is 20.1 Å². The average Bonchev–Trinajstić information content (AvgIpc) is 3.36. The molecule has 3 aliphatic rings. The van der Waals surface area contributed by atoms with E-state index in [1.807, 2.05) is 13.0 Å². The third-order valence-corrected chi connectivity index (χ3v) is 10.8. The van der Waals surface area contributed by atoms with Crippen molar-refractivity contribution in [3.63, 3.8) is 0 Å². The maximum Gasteiger partial charge on any atom is 0.165 e. The van der Waals surface area contributed by atoms with Gasteiger partial charge in [-0.05, 0) is 62.1 Å². The quantitative estimate of drug-likeness (QED) is 0.678. The predicted octanol–water partition coefficient (Wildman–Crippen LogP) is 3.80. The molecule has 2 aromatic carbocycles. The molecule has 7 heteroatoms. The van der Waals surface area contributed by atoms with Gasteiger partial charge in [0.1, 0.15) is 10.6 Å². The third kappa shape index (κ3) is 2.37. The highest BCUT2D eigenvalue weighted by molar-refractivity contribution is 7.94. The highest BCUT2D eigenvalue weighted by Crippen LogP contribution is 2.50. The summed E-state index contributed by atoms with van der Waals surface area (Å²) in [7, 11) is -3.31. The minimum absolute atomic E-state index is 0.0211. The Hall–Kier alpha value is -2.12. The zero-order valence-corrected chi connectivity index (χ0v) is 17.9. The van der Waals surface area contributed by atoms with Gasteiger partial charge in [-0.1, -0.05) is 6.07 Å². The number of hydrogen-bond acceptors (Lipinski definition) is 6. The van der Waals surface area contributed by atoms with Gasteiger partial charge in [-0.2, -0.15) is 0 Å². The van der Waals surface area contributed by atoms with Crippen LogP contribution in [-0.2, 0) is 15.4 Å². The molecule has 3 aromatic rings. The molecule has 1 aromatic heterocycles. The molecule has 150 valence electrons. The summed E-state index contributed by atoms with van der Waals surface area (Å²) in [6.07, 6.45) is 2.46. The number of rotatable bonds is 2. The lowest BCUT2D eigenvalue weighted by Crippen LogP contribution is -2.50. The van der Waals surface area contributed by atoms with E-state index in [1.165, 1.54) is 32.3 Å². The first-order chi connectivity index (χ1) is 13.8. The maximum atomic E-state index is 13.0. The van der Waals surface area contributed by atoms with E-state index in [9.17, 15) is 8.42 Å². The molecule has 5 nitrogen and oxygen atoms in total. The van der Waals surface area contributed by atoms with Crippen LogP contribution < -0.4 is 10.6 Å². The van der Waals surface area contributed by atoms with Crippen LogP contribution in [0.25, 0.3) is 20.2 Å². The van der Waals surface area contributed by atoms with Crippen LogP contribution in [0.5, 0.6) is 0 Å². The minimum Gasteiger partial charge on any atom is -0.386 e. The zero-order valence-electron chi connectivity index (χ0n) is 16.3. The average molecular weight is 426 g/mol. The highest BCUT2D eigenvalue weighted by atomic mass is 32.2. The molecule has 1 atom stereocenters. The van der Waals surface area contributed by atoms with E-state index in [1.54, 1.807) is 11.3 Å². The Labute approximate surface area is 174 Å². The van der Waals surface area contributed by atoms with Crippen molar-refractivity contribution in [1.29, 1.82) is 0 Å². The molecule has 29 heavy (non-hydrogen) atoms. The Morgan fingerprint density at radius 1 is 1.07 bits per heavy atom.